The molecule has 108 valence electrons. The second-order valence-corrected chi connectivity index (χ2v) is 4.96. The molecule has 0 fully saturated rings. The molecule has 0 saturated heterocycles. The Morgan fingerprint density at radius 3 is 2.67 bits per heavy atom. The summed E-state index contributed by atoms with van der Waals surface area (Å²) in [6.07, 6.45) is 1.15. The van der Waals surface area contributed by atoms with Crippen LogP contribution < -0.4 is 10.4 Å². The molecule has 1 aromatic carbocycles. The summed E-state index contributed by atoms with van der Waals surface area (Å²) in [4.78, 5) is 25.2. The van der Waals surface area contributed by atoms with Crippen molar-refractivity contribution in [1.82, 2.24) is 4.98 Å². The number of anilines is 2. The predicted molar refractivity (Wildman–Crippen MR) is 76.3 cm³/mol. The number of nitrogens with zero attached hydrogens (tertiary/aromatic N) is 2. The van der Waals surface area contributed by atoms with E-state index in [0.29, 0.717) is 11.5 Å². The van der Waals surface area contributed by atoms with Crippen LogP contribution in [0, 0.1) is 10.1 Å². The molecule has 0 unspecified atom stereocenters. The zero-order valence-corrected chi connectivity index (χ0v) is 11.5. The third kappa shape index (κ3) is 4.18. The first kappa shape index (κ1) is 14.8. The molecule has 1 aromatic heterocycles. The summed E-state index contributed by atoms with van der Waals surface area (Å²) in [5.41, 5.74) is 0.574. The summed E-state index contributed by atoms with van der Waals surface area (Å²) >= 11 is 1.12. The number of carboxylic acid groups (broad SMARTS) is 1. The maximum Gasteiger partial charge on any atom is 0.287 e. The van der Waals surface area contributed by atoms with Crippen molar-refractivity contribution >= 4 is 34.9 Å². The summed E-state index contributed by atoms with van der Waals surface area (Å²) < 4.78 is 0. The van der Waals surface area contributed by atoms with Crippen molar-refractivity contribution < 1.29 is 14.8 Å². The van der Waals surface area contributed by atoms with Gasteiger partial charge in [-0.15, -0.1) is 11.8 Å². The van der Waals surface area contributed by atoms with Crippen LogP contribution in [0.5, 0.6) is 0 Å². The first-order chi connectivity index (χ1) is 10.1. The molecule has 0 aliphatic heterocycles. The highest BCUT2D eigenvalue weighted by Gasteiger charge is 2.07. The van der Waals surface area contributed by atoms with Gasteiger partial charge < -0.3 is 15.2 Å². The highest BCUT2D eigenvalue weighted by molar-refractivity contribution is 8.00. The molecule has 1 N–H and O–H groups in total. The second kappa shape index (κ2) is 6.71. The normalized spacial score (nSPS) is 10.1. The number of nitrogens with one attached hydrogen (secondary N) is 1. The van der Waals surface area contributed by atoms with E-state index in [2.05, 4.69) is 10.3 Å². The van der Waals surface area contributed by atoms with E-state index in [4.69, 9.17) is 0 Å². The second-order valence-electron chi connectivity index (χ2n) is 3.94. The molecular formula is C13H10N3O4S-. The SMILES string of the molecule is O=C([O-])CSc1ccccc1Nc1ccc([N+](=O)[O-])cn1. The third-order valence-corrected chi connectivity index (χ3v) is 3.50. The summed E-state index contributed by atoms with van der Waals surface area (Å²) in [5.74, 6) is -0.878. The molecular weight excluding hydrogens is 294 g/mol. The summed E-state index contributed by atoms with van der Waals surface area (Å²) in [7, 11) is 0. The first-order valence-electron chi connectivity index (χ1n) is 5.85. The molecule has 0 atom stereocenters. The molecule has 0 bridgehead atoms. The molecule has 7 nitrogen and oxygen atoms in total. The van der Waals surface area contributed by atoms with Gasteiger partial charge in [0.2, 0.25) is 0 Å². The average Bonchev–Trinajstić information content (AvgIpc) is 2.47. The van der Waals surface area contributed by atoms with Crippen molar-refractivity contribution in [2.24, 2.45) is 0 Å². The number of hydrogen-bond acceptors (Lipinski definition) is 7. The number of carbonyl (C=O) groups is 1. The Bertz CT molecular complexity index is 661. The topological polar surface area (TPSA) is 108 Å². The lowest BCUT2D eigenvalue weighted by Crippen LogP contribution is -2.24. The smallest absolute Gasteiger partial charge is 0.287 e. The van der Waals surface area contributed by atoms with Crippen molar-refractivity contribution in [3.63, 3.8) is 0 Å². The van der Waals surface area contributed by atoms with Gasteiger partial charge in [-0.25, -0.2) is 4.98 Å². The molecule has 0 aliphatic carbocycles. The molecule has 0 aliphatic rings. The Kier molecular flexibility index (Phi) is 4.72. The minimum Gasteiger partial charge on any atom is -0.549 e. The van der Waals surface area contributed by atoms with Gasteiger partial charge in [0, 0.05) is 16.7 Å². The first-order valence-corrected chi connectivity index (χ1v) is 6.84. The summed E-state index contributed by atoms with van der Waals surface area (Å²) in [6.45, 7) is 0. The quantitative estimate of drug-likeness (QED) is 0.490. The van der Waals surface area contributed by atoms with E-state index in [0.717, 1.165) is 22.9 Å². The standard InChI is InChI=1S/C13H11N3O4S/c17-13(18)8-21-11-4-2-1-3-10(11)15-12-6-5-9(7-14-12)16(19)20/h1-7H,8H2,(H,14,15)(H,17,18)/p-1. The van der Waals surface area contributed by atoms with Crippen LogP contribution in [0.1, 0.15) is 0 Å². The van der Waals surface area contributed by atoms with Gasteiger partial charge in [-0.3, -0.25) is 10.1 Å². The fourth-order valence-corrected chi connectivity index (χ4v) is 2.26. The number of pyridine rings is 1. The van der Waals surface area contributed by atoms with Crippen molar-refractivity contribution in [3.05, 3.63) is 52.7 Å². The number of rotatable bonds is 6. The zero-order chi connectivity index (χ0) is 15.2. The van der Waals surface area contributed by atoms with Crippen molar-refractivity contribution in [2.45, 2.75) is 4.90 Å². The Balaban J connectivity index is 2.15. The van der Waals surface area contributed by atoms with Crippen LogP contribution in [0.2, 0.25) is 0 Å². The summed E-state index contributed by atoms with van der Waals surface area (Å²) in [5, 5.41) is 24.1. The number of aromatic nitrogens is 1. The number of aliphatic carboxylic acids is 1. The monoisotopic (exact) mass is 304 g/mol. The lowest BCUT2D eigenvalue weighted by molar-refractivity contribution is -0.385. The highest BCUT2D eigenvalue weighted by Crippen LogP contribution is 2.29. The van der Waals surface area contributed by atoms with Crippen LogP contribution >= 0.6 is 11.8 Å². The van der Waals surface area contributed by atoms with Crippen molar-refractivity contribution in [3.8, 4) is 0 Å². The Morgan fingerprint density at radius 1 is 1.29 bits per heavy atom. The Labute approximate surface area is 124 Å². The lowest BCUT2D eigenvalue weighted by Gasteiger charge is -2.11. The van der Waals surface area contributed by atoms with Gasteiger partial charge in [-0.1, -0.05) is 12.1 Å². The van der Waals surface area contributed by atoms with E-state index in [9.17, 15) is 20.0 Å². The Morgan fingerprint density at radius 2 is 2.05 bits per heavy atom. The van der Waals surface area contributed by atoms with E-state index in [1.807, 2.05) is 0 Å². The van der Waals surface area contributed by atoms with Crippen LogP contribution in [-0.4, -0.2) is 21.6 Å². The fraction of sp³-hybridized carbons (Fsp3) is 0.0769. The number of nitro groups is 1. The van der Waals surface area contributed by atoms with Gasteiger partial charge in [-0.05, 0) is 18.2 Å². The van der Waals surface area contributed by atoms with Crippen molar-refractivity contribution in [1.29, 1.82) is 0 Å². The maximum absolute atomic E-state index is 10.6. The highest BCUT2D eigenvalue weighted by atomic mass is 32.2. The summed E-state index contributed by atoms with van der Waals surface area (Å²) in [6, 6.07) is 9.93. The van der Waals surface area contributed by atoms with Crippen LogP contribution in [0.15, 0.2) is 47.5 Å². The molecule has 0 radical (unpaired) electrons. The average molecular weight is 304 g/mol. The van der Waals surface area contributed by atoms with Gasteiger partial charge in [-0.2, -0.15) is 0 Å². The number of carbonyl (C=O) groups excluding carboxylic acids is 1. The van der Waals surface area contributed by atoms with E-state index in [1.165, 1.54) is 12.1 Å². The van der Waals surface area contributed by atoms with E-state index < -0.39 is 10.9 Å². The van der Waals surface area contributed by atoms with Crippen LogP contribution in [0.3, 0.4) is 0 Å². The lowest BCUT2D eigenvalue weighted by atomic mass is 10.3. The maximum atomic E-state index is 10.6. The molecule has 21 heavy (non-hydrogen) atoms. The molecule has 2 rings (SSSR count). The molecule has 0 saturated carbocycles. The molecule has 0 spiro atoms. The molecule has 8 heteroatoms. The van der Waals surface area contributed by atoms with Gasteiger partial charge in [0.05, 0.1) is 16.6 Å². The van der Waals surface area contributed by atoms with E-state index in [-0.39, 0.29) is 11.4 Å². The van der Waals surface area contributed by atoms with Crippen LogP contribution in [-0.2, 0) is 4.79 Å². The van der Waals surface area contributed by atoms with Crippen LogP contribution in [0.25, 0.3) is 0 Å². The van der Waals surface area contributed by atoms with E-state index >= 15 is 0 Å². The fourth-order valence-electron chi connectivity index (χ4n) is 1.54. The largest absolute Gasteiger partial charge is 0.549 e. The number of benzene rings is 1. The van der Waals surface area contributed by atoms with Gasteiger partial charge in [0.25, 0.3) is 5.69 Å². The zero-order valence-electron chi connectivity index (χ0n) is 10.7. The Hall–Kier alpha value is -2.61. The number of para-hydroxylation sites is 1. The number of carboxylic acids is 1. The minimum atomic E-state index is -1.15. The predicted octanol–water partition coefficient (Wildman–Crippen LogP) is 1.58. The molecule has 1 heterocycles. The van der Waals surface area contributed by atoms with Gasteiger partial charge in [0.15, 0.2) is 0 Å². The molecule has 0 amide bonds. The van der Waals surface area contributed by atoms with Gasteiger partial charge >= 0.3 is 0 Å². The van der Waals surface area contributed by atoms with Gasteiger partial charge in [0.1, 0.15) is 12.0 Å². The minimum absolute atomic E-state index is 0.0971. The molecule has 2 aromatic rings. The van der Waals surface area contributed by atoms with Crippen molar-refractivity contribution in [2.75, 3.05) is 11.1 Å². The number of thioether (sulfide) groups is 1. The third-order valence-electron chi connectivity index (χ3n) is 2.45. The van der Waals surface area contributed by atoms with E-state index in [1.54, 1.807) is 24.3 Å². The van der Waals surface area contributed by atoms with Crippen LogP contribution in [0.4, 0.5) is 17.2 Å². The number of hydrogen-bond donors (Lipinski definition) is 1.